The molecule has 184 valence electrons. The summed E-state index contributed by atoms with van der Waals surface area (Å²) in [6, 6.07) is 14.8. The Labute approximate surface area is 202 Å². The van der Waals surface area contributed by atoms with Crippen LogP contribution in [0.1, 0.15) is 12.5 Å². The molecule has 0 radical (unpaired) electrons. The van der Waals surface area contributed by atoms with Crippen molar-refractivity contribution in [2.24, 2.45) is 5.10 Å². The number of hydrogen-bond donors (Lipinski definition) is 2. The van der Waals surface area contributed by atoms with E-state index in [1.54, 1.807) is 30.3 Å². The maximum Gasteiger partial charge on any atom is 0.270 e. The largest absolute Gasteiger partial charge is 0.497 e. The summed E-state index contributed by atoms with van der Waals surface area (Å²) in [5, 5.41) is 15.3. The Bertz CT molecular complexity index is 1330. The fraction of sp³-hybridized carbons (Fsp3) is 0.174. The van der Waals surface area contributed by atoms with E-state index in [1.165, 1.54) is 44.7 Å². The lowest BCUT2D eigenvalue weighted by molar-refractivity contribution is -0.385. The highest BCUT2D eigenvalue weighted by Gasteiger charge is 2.23. The Hall–Kier alpha value is -4.32. The highest BCUT2D eigenvalue weighted by Crippen LogP contribution is 2.30. The van der Waals surface area contributed by atoms with Crippen molar-refractivity contribution in [2.45, 2.75) is 11.8 Å². The molecular formula is C23H24N4O7S. The minimum Gasteiger partial charge on any atom is -0.497 e. The van der Waals surface area contributed by atoms with Crippen LogP contribution in [-0.2, 0) is 10.0 Å². The Morgan fingerprint density at radius 1 is 1.00 bits per heavy atom. The van der Waals surface area contributed by atoms with E-state index in [0.717, 1.165) is 6.07 Å². The fourth-order valence-corrected chi connectivity index (χ4v) is 4.26. The van der Waals surface area contributed by atoms with Gasteiger partial charge in [0.2, 0.25) is 0 Å². The number of nitro benzene ring substituents is 1. The van der Waals surface area contributed by atoms with Gasteiger partial charge in [-0.3, -0.25) is 20.3 Å². The average Bonchev–Trinajstić information content (AvgIpc) is 2.85. The second kappa shape index (κ2) is 11.2. The van der Waals surface area contributed by atoms with Crippen LogP contribution in [0.5, 0.6) is 17.2 Å². The number of methoxy groups -OCH3 is 2. The predicted molar refractivity (Wildman–Crippen MR) is 132 cm³/mol. The third-order valence-corrected chi connectivity index (χ3v) is 6.12. The van der Waals surface area contributed by atoms with Gasteiger partial charge >= 0.3 is 0 Å². The Kier molecular flexibility index (Phi) is 8.10. The quantitative estimate of drug-likeness (QED) is 0.226. The Balaban J connectivity index is 1.89. The zero-order chi connectivity index (χ0) is 25.4. The first-order valence-electron chi connectivity index (χ1n) is 10.3. The van der Waals surface area contributed by atoms with Gasteiger partial charge < -0.3 is 14.2 Å². The van der Waals surface area contributed by atoms with Gasteiger partial charge in [-0.25, -0.2) is 8.42 Å². The van der Waals surface area contributed by atoms with Crippen molar-refractivity contribution in [3.8, 4) is 17.2 Å². The van der Waals surface area contributed by atoms with E-state index in [0.29, 0.717) is 29.4 Å². The molecule has 3 aromatic carbocycles. The lowest BCUT2D eigenvalue weighted by atomic mass is 10.2. The number of sulfonamides is 1. The summed E-state index contributed by atoms with van der Waals surface area (Å²) in [5.41, 5.74) is 3.23. The second-order valence-electron chi connectivity index (χ2n) is 6.98. The van der Waals surface area contributed by atoms with E-state index in [2.05, 4.69) is 15.2 Å². The number of nitro groups is 1. The molecule has 0 heterocycles. The highest BCUT2D eigenvalue weighted by atomic mass is 32.2. The topological polar surface area (TPSA) is 141 Å². The maximum absolute atomic E-state index is 13.1. The molecule has 0 amide bonds. The molecule has 0 saturated carbocycles. The molecule has 2 N–H and O–H groups in total. The van der Waals surface area contributed by atoms with E-state index in [-0.39, 0.29) is 22.0 Å². The van der Waals surface area contributed by atoms with Gasteiger partial charge in [0, 0.05) is 17.8 Å². The van der Waals surface area contributed by atoms with Crippen molar-refractivity contribution in [1.82, 2.24) is 0 Å². The van der Waals surface area contributed by atoms with Crippen molar-refractivity contribution in [1.29, 1.82) is 0 Å². The Morgan fingerprint density at radius 3 is 2.37 bits per heavy atom. The number of nitrogens with zero attached hydrogens (tertiary/aromatic N) is 2. The van der Waals surface area contributed by atoms with Crippen LogP contribution >= 0.6 is 0 Å². The molecule has 35 heavy (non-hydrogen) atoms. The van der Waals surface area contributed by atoms with E-state index >= 15 is 0 Å². The molecule has 0 atom stereocenters. The van der Waals surface area contributed by atoms with Gasteiger partial charge in [0.25, 0.3) is 15.7 Å². The number of ether oxygens (including phenoxy) is 3. The number of benzene rings is 3. The van der Waals surface area contributed by atoms with Crippen LogP contribution in [0.25, 0.3) is 0 Å². The molecule has 0 aliphatic carbocycles. The van der Waals surface area contributed by atoms with Gasteiger partial charge in [0.1, 0.15) is 10.6 Å². The smallest absolute Gasteiger partial charge is 0.270 e. The molecule has 0 spiro atoms. The molecule has 3 aromatic rings. The minimum atomic E-state index is -4.21. The maximum atomic E-state index is 13.1. The third kappa shape index (κ3) is 6.38. The molecule has 0 bridgehead atoms. The lowest BCUT2D eigenvalue weighted by Crippen LogP contribution is -2.15. The molecule has 0 aromatic heterocycles. The summed E-state index contributed by atoms with van der Waals surface area (Å²) in [6.45, 7) is 2.34. The van der Waals surface area contributed by atoms with Gasteiger partial charge in [0.05, 0.1) is 37.7 Å². The molecule has 12 heteroatoms. The molecular weight excluding hydrogens is 476 g/mol. The minimum absolute atomic E-state index is 0.0470. The second-order valence-corrected chi connectivity index (χ2v) is 8.64. The highest BCUT2D eigenvalue weighted by molar-refractivity contribution is 7.92. The number of hydrazone groups is 1. The SMILES string of the molecule is CCOc1ccc(/C=N\Nc2ccc([N+](=O)[O-])cc2S(=O)(=O)Nc2ccc(OC)cc2)cc1OC. The van der Waals surface area contributed by atoms with Crippen molar-refractivity contribution >= 4 is 33.3 Å². The molecule has 3 rings (SSSR count). The van der Waals surface area contributed by atoms with Crippen LogP contribution in [0.15, 0.2) is 70.7 Å². The first kappa shape index (κ1) is 25.3. The zero-order valence-corrected chi connectivity index (χ0v) is 20.0. The van der Waals surface area contributed by atoms with Crippen LogP contribution in [0.2, 0.25) is 0 Å². The molecule has 0 saturated heterocycles. The summed E-state index contributed by atoms with van der Waals surface area (Å²) >= 11 is 0. The van der Waals surface area contributed by atoms with Crippen molar-refractivity contribution in [3.63, 3.8) is 0 Å². The lowest BCUT2D eigenvalue weighted by Gasteiger charge is -2.12. The van der Waals surface area contributed by atoms with Crippen molar-refractivity contribution < 1.29 is 27.6 Å². The van der Waals surface area contributed by atoms with Crippen molar-refractivity contribution in [2.75, 3.05) is 31.0 Å². The van der Waals surface area contributed by atoms with Crippen LogP contribution in [0.4, 0.5) is 17.1 Å². The number of rotatable bonds is 11. The molecule has 0 aliphatic heterocycles. The van der Waals surface area contributed by atoms with Crippen LogP contribution in [0, 0.1) is 10.1 Å². The van der Waals surface area contributed by atoms with Gasteiger partial charge in [-0.1, -0.05) is 0 Å². The monoisotopic (exact) mass is 500 g/mol. The summed E-state index contributed by atoms with van der Waals surface area (Å²) in [4.78, 5) is 10.2. The average molecular weight is 501 g/mol. The van der Waals surface area contributed by atoms with Crippen LogP contribution in [0.3, 0.4) is 0 Å². The van der Waals surface area contributed by atoms with Crippen LogP contribution in [-0.4, -0.2) is 40.4 Å². The van der Waals surface area contributed by atoms with E-state index < -0.39 is 14.9 Å². The number of nitrogens with one attached hydrogen (secondary N) is 2. The third-order valence-electron chi connectivity index (χ3n) is 4.69. The predicted octanol–water partition coefficient (Wildman–Crippen LogP) is 4.26. The van der Waals surface area contributed by atoms with Crippen LogP contribution < -0.4 is 24.4 Å². The first-order valence-corrected chi connectivity index (χ1v) is 11.8. The normalized spacial score (nSPS) is 11.2. The summed E-state index contributed by atoms with van der Waals surface area (Å²) in [6.07, 6.45) is 1.45. The Morgan fingerprint density at radius 2 is 1.74 bits per heavy atom. The first-order chi connectivity index (χ1) is 16.8. The van der Waals surface area contributed by atoms with Gasteiger partial charge in [-0.15, -0.1) is 0 Å². The molecule has 0 unspecified atom stereocenters. The van der Waals surface area contributed by atoms with E-state index in [4.69, 9.17) is 14.2 Å². The number of anilines is 2. The molecule has 11 nitrogen and oxygen atoms in total. The van der Waals surface area contributed by atoms with Gasteiger partial charge in [-0.05, 0) is 61.0 Å². The van der Waals surface area contributed by atoms with E-state index in [1.807, 2.05) is 6.92 Å². The van der Waals surface area contributed by atoms with Gasteiger partial charge in [0.15, 0.2) is 11.5 Å². The number of hydrogen-bond acceptors (Lipinski definition) is 9. The molecule has 0 aliphatic rings. The number of non-ortho nitro benzene ring substituents is 1. The summed E-state index contributed by atoms with van der Waals surface area (Å²) in [5.74, 6) is 1.64. The molecule has 0 fully saturated rings. The van der Waals surface area contributed by atoms with Gasteiger partial charge in [-0.2, -0.15) is 5.10 Å². The standard InChI is InChI=1S/C23H24N4O7S/c1-4-34-21-12-5-16(13-22(21)33-3)15-24-25-20-11-8-18(27(28)29)14-23(20)35(30,31)26-17-6-9-19(32-2)10-7-17/h5-15,25-26H,4H2,1-3H3/b24-15-. The zero-order valence-electron chi connectivity index (χ0n) is 19.2. The summed E-state index contributed by atoms with van der Waals surface area (Å²) < 4.78 is 44.4. The fourth-order valence-electron chi connectivity index (χ4n) is 3.02. The van der Waals surface area contributed by atoms with Crippen molar-refractivity contribution in [3.05, 3.63) is 76.3 Å². The summed E-state index contributed by atoms with van der Waals surface area (Å²) in [7, 11) is -1.20. The van der Waals surface area contributed by atoms with E-state index in [9.17, 15) is 18.5 Å².